The number of hydrogen-bond donors (Lipinski definition) is 0. The first kappa shape index (κ1) is 15.9. The van der Waals surface area contributed by atoms with Crippen molar-refractivity contribution < 1.29 is 14.3 Å². The van der Waals surface area contributed by atoms with E-state index < -0.39 is 20.0 Å². The Bertz CT molecular complexity index is 331. The number of esters is 1. The van der Waals surface area contributed by atoms with E-state index in [4.69, 9.17) is 4.74 Å². The molecule has 0 N–H and O–H groups in total. The summed E-state index contributed by atoms with van der Waals surface area (Å²) >= 11 is 0. The van der Waals surface area contributed by atoms with E-state index in [1.807, 2.05) is 0 Å². The lowest BCUT2D eigenvalue weighted by Crippen LogP contribution is -2.24. The van der Waals surface area contributed by atoms with Crippen molar-refractivity contribution in [2.75, 3.05) is 6.61 Å². The minimum Gasteiger partial charge on any atom is -0.465 e. The van der Waals surface area contributed by atoms with Gasteiger partial charge in [0.1, 0.15) is 19.8 Å². The zero-order valence-electron chi connectivity index (χ0n) is 11.4. The Labute approximate surface area is 105 Å². The zero-order chi connectivity index (χ0) is 13.5. The smallest absolute Gasteiger partial charge is 0.316 e. The van der Waals surface area contributed by atoms with E-state index in [2.05, 4.69) is 31.1 Å². The molecule has 4 heteroatoms. The van der Waals surface area contributed by atoms with Crippen molar-refractivity contribution in [1.29, 1.82) is 0 Å². The number of carbonyl (C=O) groups excluding carboxylic acids is 2. The molecule has 0 aromatic carbocycles. The van der Waals surface area contributed by atoms with Crippen molar-refractivity contribution in [3.63, 3.8) is 0 Å². The SMILES string of the molecule is CCOC(=O)C(CCC#C[Si](C)(C)C)C(C)=O. The van der Waals surface area contributed by atoms with Crippen LogP contribution in [0.1, 0.15) is 26.7 Å². The molecule has 0 rings (SSSR count). The summed E-state index contributed by atoms with van der Waals surface area (Å²) in [6.45, 7) is 9.95. The standard InChI is InChI=1S/C13H22O3Si/c1-6-16-13(15)12(11(2)14)9-7-8-10-17(3,4)5/h12H,6-7,9H2,1-5H3. The van der Waals surface area contributed by atoms with Crippen molar-refractivity contribution in [2.24, 2.45) is 5.92 Å². The molecule has 0 aliphatic heterocycles. The number of ether oxygens (including phenoxy) is 1. The summed E-state index contributed by atoms with van der Waals surface area (Å²) in [5.41, 5.74) is 3.21. The molecule has 1 unspecified atom stereocenters. The van der Waals surface area contributed by atoms with Crippen molar-refractivity contribution >= 4 is 19.8 Å². The summed E-state index contributed by atoms with van der Waals surface area (Å²) in [7, 11) is -1.36. The molecule has 0 bridgehead atoms. The molecule has 0 heterocycles. The third-order valence-electron chi connectivity index (χ3n) is 2.08. The van der Waals surface area contributed by atoms with Crippen LogP contribution >= 0.6 is 0 Å². The van der Waals surface area contributed by atoms with Gasteiger partial charge in [0.2, 0.25) is 0 Å². The molecule has 0 aliphatic carbocycles. The van der Waals surface area contributed by atoms with Crippen LogP contribution in [0.5, 0.6) is 0 Å². The average Bonchev–Trinajstić information content (AvgIpc) is 2.15. The summed E-state index contributed by atoms with van der Waals surface area (Å²) in [5, 5.41) is 0. The first-order valence-electron chi connectivity index (χ1n) is 5.95. The van der Waals surface area contributed by atoms with E-state index in [1.165, 1.54) is 6.92 Å². The lowest BCUT2D eigenvalue weighted by molar-refractivity contribution is -0.151. The van der Waals surface area contributed by atoms with Gasteiger partial charge in [0.25, 0.3) is 0 Å². The quantitative estimate of drug-likeness (QED) is 0.327. The summed E-state index contributed by atoms with van der Waals surface area (Å²) in [6.07, 6.45) is 1.04. The highest BCUT2D eigenvalue weighted by Crippen LogP contribution is 2.10. The van der Waals surface area contributed by atoms with Gasteiger partial charge in [0.05, 0.1) is 6.61 Å². The van der Waals surface area contributed by atoms with Gasteiger partial charge in [-0.25, -0.2) is 0 Å². The molecule has 0 saturated carbocycles. The third-order valence-corrected chi connectivity index (χ3v) is 3.01. The minimum absolute atomic E-state index is 0.141. The molecule has 0 radical (unpaired) electrons. The van der Waals surface area contributed by atoms with Gasteiger partial charge in [0, 0.05) is 6.42 Å². The molecule has 0 aromatic rings. The highest BCUT2D eigenvalue weighted by atomic mass is 28.3. The summed E-state index contributed by atoms with van der Waals surface area (Å²) < 4.78 is 4.86. The van der Waals surface area contributed by atoms with Crippen LogP contribution in [0.25, 0.3) is 0 Å². The van der Waals surface area contributed by atoms with Crippen molar-refractivity contribution in [2.45, 2.75) is 46.3 Å². The van der Waals surface area contributed by atoms with Gasteiger partial charge >= 0.3 is 5.97 Å². The fraction of sp³-hybridized carbons (Fsp3) is 0.692. The van der Waals surface area contributed by atoms with Crippen molar-refractivity contribution in [3.8, 4) is 11.5 Å². The van der Waals surface area contributed by atoms with Gasteiger partial charge in [0.15, 0.2) is 0 Å². The molecule has 1 atom stereocenters. The molecular formula is C13H22O3Si. The van der Waals surface area contributed by atoms with Crippen LogP contribution in [-0.2, 0) is 14.3 Å². The summed E-state index contributed by atoms with van der Waals surface area (Å²) in [4.78, 5) is 22.8. The minimum atomic E-state index is -1.36. The van der Waals surface area contributed by atoms with E-state index in [-0.39, 0.29) is 5.78 Å². The molecular weight excluding hydrogens is 232 g/mol. The predicted octanol–water partition coefficient (Wildman–Crippen LogP) is 2.42. The lowest BCUT2D eigenvalue weighted by atomic mass is 10.00. The Morgan fingerprint density at radius 3 is 2.29 bits per heavy atom. The molecule has 0 spiro atoms. The maximum atomic E-state index is 11.5. The van der Waals surface area contributed by atoms with E-state index in [0.717, 1.165) is 0 Å². The molecule has 3 nitrogen and oxygen atoms in total. The molecule has 0 amide bonds. The molecule has 0 aromatic heterocycles. The molecule has 17 heavy (non-hydrogen) atoms. The fourth-order valence-corrected chi connectivity index (χ4v) is 1.93. The lowest BCUT2D eigenvalue weighted by Gasteiger charge is -2.10. The van der Waals surface area contributed by atoms with E-state index in [1.54, 1.807) is 6.92 Å². The average molecular weight is 254 g/mol. The van der Waals surface area contributed by atoms with Crippen LogP contribution in [0.15, 0.2) is 0 Å². The van der Waals surface area contributed by atoms with Gasteiger partial charge in [-0.05, 0) is 20.3 Å². The first-order valence-corrected chi connectivity index (χ1v) is 9.45. The highest BCUT2D eigenvalue weighted by Gasteiger charge is 2.23. The fourth-order valence-electron chi connectivity index (χ4n) is 1.27. The van der Waals surface area contributed by atoms with E-state index in [9.17, 15) is 9.59 Å². The monoisotopic (exact) mass is 254 g/mol. The second-order valence-corrected chi connectivity index (χ2v) is 9.76. The number of hydrogen-bond acceptors (Lipinski definition) is 3. The Balaban J connectivity index is 4.33. The van der Waals surface area contributed by atoms with Gasteiger partial charge in [-0.1, -0.05) is 19.6 Å². The van der Waals surface area contributed by atoms with Crippen molar-refractivity contribution in [3.05, 3.63) is 0 Å². The van der Waals surface area contributed by atoms with Gasteiger partial charge in [-0.2, -0.15) is 0 Å². The Morgan fingerprint density at radius 2 is 1.88 bits per heavy atom. The Hall–Kier alpha value is -1.08. The summed E-state index contributed by atoms with van der Waals surface area (Å²) in [5.74, 6) is 1.85. The molecule has 0 saturated heterocycles. The maximum absolute atomic E-state index is 11.5. The normalized spacial score (nSPS) is 12.3. The van der Waals surface area contributed by atoms with E-state index >= 15 is 0 Å². The second kappa shape index (κ2) is 7.28. The van der Waals surface area contributed by atoms with Crippen LogP contribution < -0.4 is 0 Å². The number of Topliss-reactive ketones (excluding diaryl/α,β-unsaturated/α-hetero) is 1. The van der Waals surface area contributed by atoms with E-state index in [0.29, 0.717) is 19.4 Å². The highest BCUT2D eigenvalue weighted by molar-refractivity contribution is 6.83. The molecule has 0 aliphatic rings. The Kier molecular flexibility index (Phi) is 6.82. The number of carbonyl (C=O) groups is 2. The van der Waals surface area contributed by atoms with Crippen LogP contribution in [0.2, 0.25) is 19.6 Å². The van der Waals surface area contributed by atoms with Crippen LogP contribution in [0, 0.1) is 17.4 Å². The van der Waals surface area contributed by atoms with Gasteiger partial charge in [-0.3, -0.25) is 9.59 Å². The van der Waals surface area contributed by atoms with Crippen LogP contribution in [0.4, 0.5) is 0 Å². The van der Waals surface area contributed by atoms with Gasteiger partial charge in [-0.15, -0.1) is 11.5 Å². The molecule has 96 valence electrons. The van der Waals surface area contributed by atoms with Crippen LogP contribution in [-0.4, -0.2) is 26.4 Å². The Morgan fingerprint density at radius 1 is 1.29 bits per heavy atom. The van der Waals surface area contributed by atoms with Crippen LogP contribution in [0.3, 0.4) is 0 Å². The molecule has 0 fully saturated rings. The number of ketones is 1. The van der Waals surface area contributed by atoms with Crippen molar-refractivity contribution in [1.82, 2.24) is 0 Å². The predicted molar refractivity (Wildman–Crippen MR) is 71.2 cm³/mol. The third kappa shape index (κ3) is 7.75. The largest absolute Gasteiger partial charge is 0.465 e. The topological polar surface area (TPSA) is 43.4 Å². The summed E-state index contributed by atoms with van der Waals surface area (Å²) in [6, 6.07) is 0. The number of rotatable bonds is 5. The first-order chi connectivity index (χ1) is 7.78. The second-order valence-electron chi connectivity index (χ2n) is 5.01. The zero-order valence-corrected chi connectivity index (χ0v) is 12.4. The maximum Gasteiger partial charge on any atom is 0.316 e. The van der Waals surface area contributed by atoms with Gasteiger partial charge < -0.3 is 4.74 Å².